The van der Waals surface area contributed by atoms with Crippen LogP contribution in [-0.4, -0.2) is 47.5 Å². The van der Waals surface area contributed by atoms with E-state index in [1.54, 1.807) is 13.0 Å². The summed E-state index contributed by atoms with van der Waals surface area (Å²) >= 11 is 0. The fraction of sp³-hybridized carbons (Fsp3) is 0.550. The van der Waals surface area contributed by atoms with Gasteiger partial charge in [0, 0.05) is 30.9 Å². The fourth-order valence-electron chi connectivity index (χ4n) is 3.72. The average molecular weight is 388 g/mol. The highest BCUT2D eigenvalue weighted by atomic mass is 19.1. The van der Waals surface area contributed by atoms with Crippen LogP contribution in [0.2, 0.25) is 0 Å². The van der Waals surface area contributed by atoms with Crippen LogP contribution in [0.3, 0.4) is 0 Å². The zero-order chi connectivity index (χ0) is 20.7. The van der Waals surface area contributed by atoms with Gasteiger partial charge < -0.3 is 16.8 Å². The number of halogens is 1. The molecule has 0 bridgehead atoms. The number of nitrogens with two attached hydrogens (primary N) is 2. The molecule has 2 aliphatic rings. The third-order valence-electron chi connectivity index (χ3n) is 5.53. The Morgan fingerprint density at radius 1 is 1.43 bits per heavy atom. The first kappa shape index (κ1) is 21.6. The Hall–Kier alpha value is -2.66. The number of rotatable bonds is 8. The maximum absolute atomic E-state index is 13.1. The van der Waals surface area contributed by atoms with Gasteiger partial charge in [0.1, 0.15) is 12.0 Å². The first-order chi connectivity index (χ1) is 13.3. The van der Waals surface area contributed by atoms with Crippen LogP contribution >= 0.6 is 0 Å². The molecule has 1 heterocycles. The number of allylic oxidation sites excluding steroid dienone is 2. The summed E-state index contributed by atoms with van der Waals surface area (Å²) in [5, 5.41) is 12.5. The Labute approximate surface area is 165 Å². The third kappa shape index (κ3) is 5.20. The van der Waals surface area contributed by atoms with E-state index in [0.29, 0.717) is 24.8 Å². The SMILES string of the molecule is C=CC(=C\C)/N=C(N)/C(=C\NC1(CC#N)CCC(N2CC(F)C2)CC1)C(N)=O. The molecule has 2 rings (SSSR count). The number of nitriles is 1. The van der Waals surface area contributed by atoms with Gasteiger partial charge in [-0.25, -0.2) is 9.38 Å². The summed E-state index contributed by atoms with van der Waals surface area (Å²) in [4.78, 5) is 18.2. The molecular weight excluding hydrogens is 359 g/mol. The number of aliphatic imine (C=N–C) groups is 1. The number of hydrogen-bond acceptors (Lipinski definition) is 5. The standard InChI is InChI=1S/C20H29FN6O/c1-3-15(4-2)26-18(23)17(19(24)28)11-25-20(9-10-22)7-5-16(6-8-20)27-12-14(21)13-27/h3-4,11,14,16,25H,1,5-9,12-13H2,2H3,(H2,23,26)(H2,24,28)/b15-4+,17-11+. The number of nitrogens with one attached hydrogen (secondary N) is 1. The topological polar surface area (TPSA) is 121 Å². The molecule has 2 fully saturated rings. The minimum Gasteiger partial charge on any atom is -0.384 e. The highest BCUT2D eigenvalue weighted by Crippen LogP contribution is 2.35. The zero-order valence-corrected chi connectivity index (χ0v) is 16.3. The second-order valence-corrected chi connectivity index (χ2v) is 7.38. The lowest BCUT2D eigenvalue weighted by molar-refractivity contribution is -0.114. The van der Waals surface area contributed by atoms with Gasteiger partial charge in [-0.05, 0) is 38.7 Å². The van der Waals surface area contributed by atoms with Crippen molar-refractivity contribution in [2.75, 3.05) is 13.1 Å². The summed E-state index contributed by atoms with van der Waals surface area (Å²) in [7, 11) is 0. The van der Waals surface area contributed by atoms with Gasteiger partial charge >= 0.3 is 0 Å². The Kier molecular flexibility index (Phi) is 7.35. The Bertz CT molecular complexity index is 721. The quantitative estimate of drug-likeness (QED) is 0.253. The fourth-order valence-corrected chi connectivity index (χ4v) is 3.72. The maximum atomic E-state index is 13.1. The number of nitrogens with zero attached hydrogens (tertiary/aromatic N) is 3. The Balaban J connectivity index is 2.12. The minimum atomic E-state index is -0.718. The summed E-state index contributed by atoms with van der Waals surface area (Å²) in [6.07, 6.45) is 7.49. The number of likely N-dealkylation sites (tertiary alicyclic amines) is 1. The van der Waals surface area contributed by atoms with Crippen LogP contribution in [0.4, 0.5) is 4.39 Å². The molecule has 8 heteroatoms. The van der Waals surface area contributed by atoms with E-state index in [1.165, 1.54) is 12.3 Å². The van der Waals surface area contributed by atoms with Gasteiger partial charge in [0.15, 0.2) is 0 Å². The normalized spacial score (nSPS) is 27.6. The predicted octanol–water partition coefficient (Wildman–Crippen LogP) is 1.64. The third-order valence-corrected chi connectivity index (χ3v) is 5.53. The van der Waals surface area contributed by atoms with E-state index in [0.717, 1.165) is 25.7 Å². The number of amides is 1. The number of alkyl halides is 1. The highest BCUT2D eigenvalue weighted by Gasteiger charge is 2.40. The molecule has 1 saturated heterocycles. The van der Waals surface area contributed by atoms with E-state index in [-0.39, 0.29) is 17.8 Å². The number of hydrogen-bond donors (Lipinski definition) is 3. The average Bonchev–Trinajstić information content (AvgIpc) is 2.64. The largest absolute Gasteiger partial charge is 0.384 e. The lowest BCUT2D eigenvalue weighted by Gasteiger charge is -2.47. The molecule has 1 saturated carbocycles. The molecular formula is C20H29FN6O. The minimum absolute atomic E-state index is 0.0108. The molecule has 152 valence electrons. The summed E-state index contributed by atoms with van der Waals surface area (Å²) in [5.74, 6) is -0.716. The smallest absolute Gasteiger partial charge is 0.253 e. The van der Waals surface area contributed by atoms with E-state index in [2.05, 4.69) is 27.9 Å². The van der Waals surface area contributed by atoms with Crippen molar-refractivity contribution in [3.05, 3.63) is 36.2 Å². The first-order valence-electron chi connectivity index (χ1n) is 9.50. The molecule has 1 aliphatic heterocycles. The van der Waals surface area contributed by atoms with Gasteiger partial charge in [-0.2, -0.15) is 5.26 Å². The van der Waals surface area contributed by atoms with Gasteiger partial charge in [-0.3, -0.25) is 9.69 Å². The van der Waals surface area contributed by atoms with Crippen LogP contribution in [0.15, 0.2) is 41.2 Å². The lowest BCUT2D eigenvalue weighted by atomic mass is 9.76. The van der Waals surface area contributed by atoms with Crippen LogP contribution in [0.5, 0.6) is 0 Å². The molecule has 0 atom stereocenters. The second-order valence-electron chi connectivity index (χ2n) is 7.38. The summed E-state index contributed by atoms with van der Waals surface area (Å²) < 4.78 is 13.1. The van der Waals surface area contributed by atoms with Crippen LogP contribution in [0.25, 0.3) is 0 Å². The molecule has 0 spiro atoms. The molecule has 7 nitrogen and oxygen atoms in total. The molecule has 28 heavy (non-hydrogen) atoms. The zero-order valence-electron chi connectivity index (χ0n) is 16.3. The molecule has 0 aromatic heterocycles. The number of carbonyl (C=O) groups is 1. The number of carbonyl (C=O) groups excluding carboxylic acids is 1. The van der Waals surface area contributed by atoms with E-state index in [4.69, 9.17) is 11.5 Å². The van der Waals surface area contributed by atoms with Gasteiger partial charge in [0.25, 0.3) is 5.91 Å². The van der Waals surface area contributed by atoms with E-state index in [1.807, 2.05) is 0 Å². The molecule has 0 unspecified atom stereocenters. The molecule has 5 N–H and O–H groups in total. The summed E-state index contributed by atoms with van der Waals surface area (Å²) in [5.41, 5.74) is 11.5. The molecule has 0 radical (unpaired) electrons. The van der Waals surface area contributed by atoms with Crippen molar-refractivity contribution in [2.45, 2.75) is 56.8 Å². The summed E-state index contributed by atoms with van der Waals surface area (Å²) in [6, 6.07) is 2.57. The van der Waals surface area contributed by atoms with Gasteiger partial charge in [0.05, 0.1) is 23.8 Å². The second kappa shape index (κ2) is 9.51. The first-order valence-corrected chi connectivity index (χ1v) is 9.50. The van der Waals surface area contributed by atoms with E-state index >= 15 is 0 Å². The monoisotopic (exact) mass is 388 g/mol. The van der Waals surface area contributed by atoms with Crippen molar-refractivity contribution in [1.82, 2.24) is 10.2 Å². The van der Waals surface area contributed by atoms with Crippen LogP contribution in [0.1, 0.15) is 39.0 Å². The van der Waals surface area contributed by atoms with Crippen molar-refractivity contribution in [2.24, 2.45) is 16.5 Å². The van der Waals surface area contributed by atoms with Gasteiger partial charge in [-0.1, -0.05) is 12.7 Å². The van der Waals surface area contributed by atoms with Crippen molar-refractivity contribution < 1.29 is 9.18 Å². The van der Waals surface area contributed by atoms with Crippen LogP contribution < -0.4 is 16.8 Å². The van der Waals surface area contributed by atoms with Crippen molar-refractivity contribution in [3.8, 4) is 6.07 Å². The van der Waals surface area contributed by atoms with Crippen molar-refractivity contribution >= 4 is 11.7 Å². The predicted molar refractivity (Wildman–Crippen MR) is 108 cm³/mol. The van der Waals surface area contributed by atoms with Crippen LogP contribution in [0, 0.1) is 11.3 Å². The maximum Gasteiger partial charge on any atom is 0.253 e. The van der Waals surface area contributed by atoms with Gasteiger partial charge in [0.2, 0.25) is 0 Å². The molecule has 0 aromatic carbocycles. The van der Waals surface area contributed by atoms with Gasteiger partial charge in [-0.15, -0.1) is 0 Å². The Morgan fingerprint density at radius 2 is 2.07 bits per heavy atom. The molecule has 1 aliphatic carbocycles. The van der Waals surface area contributed by atoms with E-state index < -0.39 is 17.6 Å². The van der Waals surface area contributed by atoms with E-state index in [9.17, 15) is 14.4 Å². The summed E-state index contributed by atoms with van der Waals surface area (Å²) in [6.45, 7) is 6.41. The van der Waals surface area contributed by atoms with Crippen molar-refractivity contribution in [1.29, 1.82) is 5.26 Å². The lowest BCUT2D eigenvalue weighted by Crippen LogP contribution is -2.57. The highest BCUT2D eigenvalue weighted by molar-refractivity contribution is 6.19. The van der Waals surface area contributed by atoms with Crippen molar-refractivity contribution in [3.63, 3.8) is 0 Å². The number of amidine groups is 1. The van der Waals surface area contributed by atoms with Crippen LogP contribution in [-0.2, 0) is 4.79 Å². The molecule has 1 amide bonds. The number of primary amides is 1. The Morgan fingerprint density at radius 3 is 2.54 bits per heavy atom. The molecule has 0 aromatic rings.